The SMILES string of the molecule is CC(C)(C=O)OCCC(C)(C)n1nnc2c1-c1ccccc1CN(C(=O)CCNC(=O)C(C)(C)OCCC(C)(C)SSCCOC(=O)C(C)(C)C)c1ccccc1-2. The van der Waals surface area contributed by atoms with Crippen LogP contribution >= 0.6 is 21.6 Å². The van der Waals surface area contributed by atoms with Gasteiger partial charge in [0.2, 0.25) is 5.91 Å². The largest absolute Gasteiger partial charge is 0.464 e. The van der Waals surface area contributed by atoms with Gasteiger partial charge in [0, 0.05) is 41.2 Å². The van der Waals surface area contributed by atoms with Gasteiger partial charge >= 0.3 is 5.97 Å². The van der Waals surface area contributed by atoms with Crippen molar-refractivity contribution in [1.82, 2.24) is 20.3 Å². The van der Waals surface area contributed by atoms with Gasteiger partial charge in [-0.05, 0) is 101 Å². The second kappa shape index (κ2) is 18.9. The van der Waals surface area contributed by atoms with Crippen molar-refractivity contribution in [3.63, 3.8) is 0 Å². The van der Waals surface area contributed by atoms with Gasteiger partial charge in [0.05, 0.1) is 35.5 Å². The lowest BCUT2D eigenvalue weighted by atomic mass is 9.93. The van der Waals surface area contributed by atoms with E-state index in [1.54, 1.807) is 54.2 Å². The van der Waals surface area contributed by atoms with Crippen molar-refractivity contribution in [3.8, 4) is 22.5 Å². The van der Waals surface area contributed by atoms with Crippen LogP contribution in [0.3, 0.4) is 0 Å². The van der Waals surface area contributed by atoms with Crippen molar-refractivity contribution in [1.29, 1.82) is 0 Å². The third kappa shape index (κ3) is 12.4. The van der Waals surface area contributed by atoms with Crippen LogP contribution < -0.4 is 10.2 Å². The maximum atomic E-state index is 14.1. The lowest BCUT2D eigenvalue weighted by Gasteiger charge is -2.31. The molecule has 3 aromatic rings. The molecule has 0 radical (unpaired) electrons. The number of amides is 2. The Balaban J connectivity index is 1.39. The summed E-state index contributed by atoms with van der Waals surface area (Å²) in [5.41, 5.74) is 1.82. The van der Waals surface area contributed by atoms with Crippen LogP contribution in [0.25, 0.3) is 22.5 Å². The van der Waals surface area contributed by atoms with Crippen LogP contribution in [0.2, 0.25) is 0 Å². The van der Waals surface area contributed by atoms with E-state index < -0.39 is 22.2 Å². The van der Waals surface area contributed by atoms with Crippen molar-refractivity contribution in [3.05, 3.63) is 54.1 Å². The molecule has 0 saturated heterocycles. The zero-order valence-electron chi connectivity index (χ0n) is 35.5. The molecule has 0 bridgehead atoms. The second-order valence-corrected chi connectivity index (χ2v) is 20.8. The first-order chi connectivity index (χ1) is 26.6. The number of benzene rings is 2. The molecule has 2 heterocycles. The standard InChI is InChI=1S/C43H61N5O7S2/c1-39(2,3)38(52)53-26-27-56-57-42(8,9)22-25-55-43(10,11)37(51)44-23-20-34(50)47-28-30-16-12-13-17-31(30)36-35(32-18-14-15-19-33(32)47)45-46-48(36)40(4,5)21-24-54-41(6,7)29-49/h12-19,29H,20-28H2,1-11H3,(H,44,51). The molecule has 0 atom stereocenters. The smallest absolute Gasteiger partial charge is 0.311 e. The Morgan fingerprint density at radius 3 is 2.18 bits per heavy atom. The number of hydrogen-bond donors (Lipinski definition) is 1. The number of nitrogens with one attached hydrogen (secondary N) is 1. The molecule has 2 amide bonds. The van der Waals surface area contributed by atoms with E-state index in [1.165, 1.54) is 0 Å². The van der Waals surface area contributed by atoms with Gasteiger partial charge in [-0.15, -0.1) is 5.10 Å². The average Bonchev–Trinajstić information content (AvgIpc) is 3.58. The van der Waals surface area contributed by atoms with Crippen molar-refractivity contribution < 1.29 is 33.4 Å². The summed E-state index contributed by atoms with van der Waals surface area (Å²) in [6, 6.07) is 15.7. The number of rotatable bonds is 19. The van der Waals surface area contributed by atoms with Gasteiger partial charge in [0.15, 0.2) is 6.29 Å². The lowest BCUT2D eigenvalue weighted by Crippen LogP contribution is -2.46. The monoisotopic (exact) mass is 823 g/mol. The highest BCUT2D eigenvalue weighted by Crippen LogP contribution is 2.43. The van der Waals surface area contributed by atoms with Crippen LogP contribution in [0.1, 0.15) is 101 Å². The molecule has 1 N–H and O–H groups in total. The number of ether oxygens (including phenoxy) is 3. The Bertz CT molecular complexity index is 1880. The highest BCUT2D eigenvalue weighted by atomic mass is 33.1. The molecule has 0 fully saturated rings. The van der Waals surface area contributed by atoms with E-state index >= 15 is 0 Å². The number of para-hydroxylation sites is 1. The zero-order valence-corrected chi connectivity index (χ0v) is 37.2. The third-order valence-corrected chi connectivity index (χ3v) is 13.0. The van der Waals surface area contributed by atoms with Crippen LogP contribution in [-0.2, 0) is 45.5 Å². The average molecular weight is 824 g/mol. The van der Waals surface area contributed by atoms with Gasteiger partial charge in [-0.2, -0.15) is 0 Å². The van der Waals surface area contributed by atoms with Crippen LogP contribution in [0.5, 0.6) is 0 Å². The first-order valence-electron chi connectivity index (χ1n) is 19.5. The first kappa shape index (κ1) is 46.0. The summed E-state index contributed by atoms with van der Waals surface area (Å²) in [6.45, 7) is 22.4. The minimum absolute atomic E-state index is 0.0774. The van der Waals surface area contributed by atoms with E-state index in [2.05, 4.69) is 38.2 Å². The topological polar surface area (TPSA) is 142 Å². The van der Waals surface area contributed by atoms with E-state index in [1.807, 2.05) is 74.0 Å². The molecule has 14 heteroatoms. The van der Waals surface area contributed by atoms with Gasteiger partial charge in [0.1, 0.15) is 23.5 Å². The number of fused-ring (bicyclic) bond motifs is 5. The first-order valence-corrected chi connectivity index (χ1v) is 21.9. The van der Waals surface area contributed by atoms with Gasteiger partial charge < -0.3 is 29.2 Å². The Morgan fingerprint density at radius 2 is 1.49 bits per heavy atom. The van der Waals surface area contributed by atoms with E-state index in [-0.39, 0.29) is 35.5 Å². The van der Waals surface area contributed by atoms with Crippen LogP contribution in [0, 0.1) is 5.41 Å². The number of carbonyl (C=O) groups excluding carboxylic acids is 4. The summed E-state index contributed by atoms with van der Waals surface area (Å²) in [4.78, 5) is 52.6. The molecule has 0 aliphatic carbocycles. The fourth-order valence-electron chi connectivity index (χ4n) is 5.98. The highest BCUT2D eigenvalue weighted by Gasteiger charge is 2.35. The van der Waals surface area contributed by atoms with Gasteiger partial charge in [-0.1, -0.05) is 69.3 Å². The van der Waals surface area contributed by atoms with Crippen molar-refractivity contribution in [2.24, 2.45) is 5.41 Å². The summed E-state index contributed by atoms with van der Waals surface area (Å²) >= 11 is 0. The Kier molecular flexibility index (Phi) is 15.2. The van der Waals surface area contributed by atoms with Crippen LogP contribution in [0.4, 0.5) is 5.69 Å². The molecule has 1 aromatic heterocycles. The number of carbonyl (C=O) groups is 4. The van der Waals surface area contributed by atoms with Crippen molar-refractivity contribution in [2.45, 2.75) is 123 Å². The molecule has 312 valence electrons. The Labute approximate surface area is 346 Å². The van der Waals surface area contributed by atoms with Crippen molar-refractivity contribution >= 4 is 51.3 Å². The summed E-state index contributed by atoms with van der Waals surface area (Å²) in [5.74, 6) is 0.0332. The minimum atomic E-state index is -1.10. The van der Waals surface area contributed by atoms with E-state index in [9.17, 15) is 19.2 Å². The fourth-order valence-corrected chi connectivity index (χ4v) is 8.37. The molecule has 57 heavy (non-hydrogen) atoms. The quantitative estimate of drug-likeness (QED) is 0.0544. The van der Waals surface area contributed by atoms with E-state index in [0.717, 1.165) is 28.7 Å². The van der Waals surface area contributed by atoms with Crippen molar-refractivity contribution in [2.75, 3.05) is 37.0 Å². The maximum absolute atomic E-state index is 14.1. The van der Waals surface area contributed by atoms with Gasteiger partial charge in [-0.25, -0.2) is 4.68 Å². The second-order valence-electron chi connectivity index (χ2n) is 17.7. The summed E-state index contributed by atoms with van der Waals surface area (Å²) in [6.07, 6.45) is 2.17. The molecule has 12 nitrogen and oxygen atoms in total. The Morgan fingerprint density at radius 1 is 0.842 bits per heavy atom. The fraction of sp³-hybridized carbons (Fsp3) is 0.581. The van der Waals surface area contributed by atoms with Gasteiger partial charge in [0.25, 0.3) is 5.91 Å². The van der Waals surface area contributed by atoms with Gasteiger partial charge in [-0.3, -0.25) is 14.4 Å². The molecule has 4 rings (SSSR count). The number of hydrogen-bond acceptors (Lipinski definition) is 11. The highest BCUT2D eigenvalue weighted by molar-refractivity contribution is 8.77. The summed E-state index contributed by atoms with van der Waals surface area (Å²) < 4.78 is 19.1. The lowest BCUT2D eigenvalue weighted by molar-refractivity contribution is -0.152. The number of aldehydes is 1. The summed E-state index contributed by atoms with van der Waals surface area (Å²) in [7, 11) is 3.35. The Hall–Kier alpha value is -3.72. The number of esters is 1. The molecular formula is C43H61N5O7S2. The number of nitrogens with zero attached hydrogens (tertiary/aromatic N) is 4. The predicted molar refractivity (Wildman–Crippen MR) is 229 cm³/mol. The molecule has 0 spiro atoms. The normalized spacial score (nSPS) is 13.5. The number of aromatic nitrogens is 3. The van der Waals surface area contributed by atoms with E-state index in [4.69, 9.17) is 19.3 Å². The zero-order chi connectivity index (χ0) is 42.2. The van der Waals surface area contributed by atoms with E-state index in [0.29, 0.717) is 56.3 Å². The molecule has 0 saturated carbocycles. The molecule has 0 unspecified atom stereocenters. The predicted octanol–water partition coefficient (Wildman–Crippen LogP) is 8.02. The van der Waals surface area contributed by atoms with Crippen LogP contribution in [0.15, 0.2) is 48.5 Å². The number of anilines is 1. The molecule has 1 aliphatic heterocycles. The minimum Gasteiger partial charge on any atom is -0.464 e. The maximum Gasteiger partial charge on any atom is 0.311 e. The van der Waals surface area contributed by atoms with Crippen LogP contribution in [-0.4, -0.2) is 87.1 Å². The molecular weight excluding hydrogens is 763 g/mol. The third-order valence-electron chi connectivity index (χ3n) is 9.70. The summed E-state index contributed by atoms with van der Waals surface area (Å²) in [5, 5.41) is 12.3. The molecule has 1 aliphatic rings. The molecule has 2 aromatic carbocycles.